The van der Waals surface area contributed by atoms with E-state index in [0.29, 0.717) is 60.7 Å². The Hall–Kier alpha value is -4.23. The summed E-state index contributed by atoms with van der Waals surface area (Å²) >= 11 is 0. The van der Waals surface area contributed by atoms with Crippen molar-refractivity contribution in [3.8, 4) is 17.0 Å². The number of benzene rings is 1. The van der Waals surface area contributed by atoms with Gasteiger partial charge in [0.25, 0.3) is 5.91 Å². The lowest BCUT2D eigenvalue weighted by atomic mass is 10.1. The first-order valence-corrected chi connectivity index (χ1v) is 12.9. The molecule has 1 atom stereocenters. The molecule has 0 unspecified atom stereocenters. The van der Waals surface area contributed by atoms with Crippen molar-refractivity contribution in [1.29, 1.82) is 0 Å². The number of amides is 1. The summed E-state index contributed by atoms with van der Waals surface area (Å²) in [4.78, 5) is 34.9. The van der Waals surface area contributed by atoms with Crippen LogP contribution in [0.15, 0.2) is 36.9 Å². The molecule has 40 heavy (non-hydrogen) atoms. The maximum Gasteiger partial charge on any atom is 0.268 e. The van der Waals surface area contributed by atoms with E-state index in [1.807, 2.05) is 11.3 Å². The maximum atomic E-state index is 14.5. The van der Waals surface area contributed by atoms with Crippen molar-refractivity contribution in [3.05, 3.63) is 59.9 Å². The van der Waals surface area contributed by atoms with Crippen LogP contribution < -0.4 is 14.5 Å². The fourth-order valence-corrected chi connectivity index (χ4v) is 5.51. The molecular formula is C27H25F2N7O4. The highest BCUT2D eigenvalue weighted by Crippen LogP contribution is 2.38. The first kappa shape index (κ1) is 24.8. The lowest BCUT2D eigenvalue weighted by Crippen LogP contribution is -2.60. The highest BCUT2D eigenvalue weighted by atomic mass is 19.1. The van der Waals surface area contributed by atoms with E-state index in [1.54, 1.807) is 24.8 Å². The van der Waals surface area contributed by atoms with Crippen molar-refractivity contribution in [2.45, 2.75) is 38.6 Å². The van der Waals surface area contributed by atoms with E-state index in [2.05, 4.69) is 24.8 Å². The molecule has 2 fully saturated rings. The molecule has 2 saturated heterocycles. The van der Waals surface area contributed by atoms with Crippen molar-refractivity contribution >= 4 is 23.2 Å². The number of carbonyl (C=O) groups is 1. The molecular weight excluding hydrogens is 524 g/mol. The monoisotopic (exact) mass is 549 g/mol. The first-order valence-electron chi connectivity index (χ1n) is 12.9. The van der Waals surface area contributed by atoms with Gasteiger partial charge in [-0.05, 0) is 13.8 Å². The minimum atomic E-state index is -0.933. The van der Waals surface area contributed by atoms with Gasteiger partial charge in [-0.15, -0.1) is 0 Å². The zero-order valence-corrected chi connectivity index (χ0v) is 21.8. The van der Waals surface area contributed by atoms with E-state index in [1.165, 1.54) is 11.8 Å². The predicted octanol–water partition coefficient (Wildman–Crippen LogP) is 2.69. The van der Waals surface area contributed by atoms with Gasteiger partial charge in [0.1, 0.15) is 5.82 Å². The molecule has 206 valence electrons. The minimum absolute atomic E-state index is 0.0240. The lowest BCUT2D eigenvalue weighted by Gasteiger charge is -2.45. The van der Waals surface area contributed by atoms with Crippen LogP contribution in [-0.2, 0) is 20.8 Å². The normalized spacial score (nSPS) is 22.4. The van der Waals surface area contributed by atoms with E-state index in [0.717, 1.165) is 12.1 Å². The second-order valence-electron chi connectivity index (χ2n) is 10.1. The summed E-state index contributed by atoms with van der Waals surface area (Å²) in [6.45, 7) is 5.63. The summed E-state index contributed by atoms with van der Waals surface area (Å²) in [5.74, 6) is -1.62. The molecule has 0 saturated carbocycles. The second-order valence-corrected chi connectivity index (χ2v) is 10.1. The van der Waals surface area contributed by atoms with Gasteiger partial charge < -0.3 is 19.1 Å². The fraction of sp³-hybridized carbons (Fsp3) is 0.370. The minimum Gasteiger partial charge on any atom is -0.476 e. The standard InChI is InChI=1S/C27H25F2N7O4/c1-14-23(9-35-22-4-17(28)3-20(29)25(22)40-15(2)26(35)37)34-8-21(30-7-24(34)33-14)16-5-31-27(32-6-16)36-18-10-38-12-19(36)13-39-11-18/h3-8,15,18-19H,9-13H2,1-2H3/t15-,18?,19?/m1/s1. The molecule has 1 aromatic carbocycles. The van der Waals surface area contributed by atoms with E-state index < -0.39 is 23.6 Å². The number of aromatic nitrogens is 5. The summed E-state index contributed by atoms with van der Waals surface area (Å²) < 4.78 is 47.3. The van der Waals surface area contributed by atoms with Crippen molar-refractivity contribution in [2.75, 3.05) is 36.2 Å². The van der Waals surface area contributed by atoms with Crippen LogP contribution in [0.2, 0.25) is 0 Å². The molecule has 6 heterocycles. The molecule has 3 aromatic heterocycles. The Balaban J connectivity index is 1.22. The largest absolute Gasteiger partial charge is 0.476 e. The third kappa shape index (κ3) is 4.04. The van der Waals surface area contributed by atoms with Gasteiger partial charge in [0.15, 0.2) is 23.3 Å². The number of nitrogens with zero attached hydrogens (tertiary/aromatic N) is 7. The van der Waals surface area contributed by atoms with Gasteiger partial charge >= 0.3 is 0 Å². The zero-order valence-electron chi connectivity index (χ0n) is 21.8. The molecule has 1 amide bonds. The van der Waals surface area contributed by atoms with E-state index in [9.17, 15) is 13.6 Å². The molecule has 0 N–H and O–H groups in total. The van der Waals surface area contributed by atoms with Gasteiger partial charge in [0.2, 0.25) is 5.95 Å². The molecule has 0 spiro atoms. The maximum absolute atomic E-state index is 14.5. The number of ether oxygens (including phenoxy) is 3. The van der Waals surface area contributed by atoms with Crippen molar-refractivity contribution in [3.63, 3.8) is 0 Å². The van der Waals surface area contributed by atoms with E-state index in [-0.39, 0.29) is 30.1 Å². The molecule has 0 aliphatic carbocycles. The van der Waals surface area contributed by atoms with Crippen LogP contribution in [0.5, 0.6) is 5.75 Å². The molecule has 7 rings (SSSR count). The predicted molar refractivity (Wildman–Crippen MR) is 138 cm³/mol. The number of imidazole rings is 1. The topological polar surface area (TPSA) is 107 Å². The van der Waals surface area contributed by atoms with Crippen LogP contribution in [0.1, 0.15) is 18.3 Å². The average Bonchev–Trinajstić information content (AvgIpc) is 3.25. The number of morpholine rings is 2. The van der Waals surface area contributed by atoms with E-state index >= 15 is 0 Å². The summed E-state index contributed by atoms with van der Waals surface area (Å²) in [6.07, 6.45) is 5.93. The zero-order chi connectivity index (χ0) is 27.5. The summed E-state index contributed by atoms with van der Waals surface area (Å²) in [5, 5.41) is 0. The van der Waals surface area contributed by atoms with Crippen molar-refractivity contribution in [1.82, 2.24) is 24.3 Å². The SMILES string of the molecule is Cc1nc2cnc(-c3cnc(N4C5COCC4COC5)nc3)cn2c1CN1C(=O)[C@@H](C)Oc2c(F)cc(F)cc21. The molecule has 3 aliphatic heterocycles. The average molecular weight is 550 g/mol. The van der Waals surface area contributed by atoms with Crippen LogP contribution in [-0.4, -0.2) is 74.9 Å². The molecule has 0 radical (unpaired) electrons. The van der Waals surface area contributed by atoms with Crippen molar-refractivity contribution in [2.24, 2.45) is 0 Å². The third-order valence-corrected chi connectivity index (χ3v) is 7.50. The number of halogens is 2. The quantitative estimate of drug-likeness (QED) is 0.380. The Morgan fingerprint density at radius 1 is 1.00 bits per heavy atom. The Kier molecular flexibility index (Phi) is 5.86. The number of anilines is 2. The number of rotatable bonds is 4. The number of carbonyl (C=O) groups excluding carboxylic acids is 1. The number of hydrogen-bond donors (Lipinski definition) is 0. The van der Waals surface area contributed by atoms with Crippen LogP contribution in [0.25, 0.3) is 16.9 Å². The Morgan fingerprint density at radius 2 is 1.70 bits per heavy atom. The summed E-state index contributed by atoms with van der Waals surface area (Å²) in [7, 11) is 0. The highest BCUT2D eigenvalue weighted by Gasteiger charge is 2.37. The number of hydrogen-bond acceptors (Lipinski definition) is 9. The summed E-state index contributed by atoms with van der Waals surface area (Å²) in [5.41, 5.74) is 3.21. The highest BCUT2D eigenvalue weighted by molar-refractivity contribution is 5.99. The summed E-state index contributed by atoms with van der Waals surface area (Å²) in [6, 6.07) is 1.98. The van der Waals surface area contributed by atoms with Crippen LogP contribution in [0.3, 0.4) is 0 Å². The fourth-order valence-electron chi connectivity index (χ4n) is 5.51. The van der Waals surface area contributed by atoms with E-state index in [4.69, 9.17) is 14.2 Å². The van der Waals surface area contributed by atoms with Gasteiger partial charge in [-0.2, -0.15) is 0 Å². The van der Waals surface area contributed by atoms with Gasteiger partial charge in [0, 0.05) is 36.3 Å². The smallest absolute Gasteiger partial charge is 0.268 e. The van der Waals surface area contributed by atoms with Crippen LogP contribution in [0.4, 0.5) is 20.4 Å². The van der Waals surface area contributed by atoms with Crippen LogP contribution in [0, 0.1) is 18.6 Å². The van der Waals surface area contributed by atoms with Gasteiger partial charge in [-0.1, -0.05) is 0 Å². The lowest BCUT2D eigenvalue weighted by molar-refractivity contribution is -0.125. The van der Waals surface area contributed by atoms with Gasteiger partial charge in [-0.25, -0.2) is 23.7 Å². The molecule has 11 nitrogen and oxygen atoms in total. The van der Waals surface area contributed by atoms with Gasteiger partial charge in [-0.3, -0.25) is 19.1 Å². The number of aryl methyl sites for hydroxylation is 1. The molecule has 2 bridgehead atoms. The molecule has 3 aliphatic rings. The Bertz CT molecular complexity index is 1610. The Labute approximate surface area is 227 Å². The van der Waals surface area contributed by atoms with Crippen LogP contribution >= 0.6 is 0 Å². The molecule has 13 heteroatoms. The molecule has 4 aromatic rings. The first-order chi connectivity index (χ1) is 19.4. The van der Waals surface area contributed by atoms with Gasteiger partial charge in [0.05, 0.1) is 74.0 Å². The second kappa shape index (κ2) is 9.45. The third-order valence-electron chi connectivity index (χ3n) is 7.50. The van der Waals surface area contributed by atoms with Crippen molar-refractivity contribution < 1.29 is 27.8 Å². The number of fused-ring (bicyclic) bond motifs is 4. The Morgan fingerprint density at radius 3 is 2.40 bits per heavy atom.